The number of Topliss-reactive ketones (excluding diaryl/α,β-unsaturated/α-hetero) is 1. The van der Waals surface area contributed by atoms with Crippen molar-refractivity contribution in [3.05, 3.63) is 33.8 Å². The third kappa shape index (κ3) is 3.84. The Bertz CT molecular complexity index is 378. The molecule has 15 heavy (non-hydrogen) atoms. The van der Waals surface area contributed by atoms with E-state index in [-0.39, 0.29) is 11.2 Å². The molecule has 0 saturated heterocycles. The molecular weight excluding hydrogens is 231 g/mol. The van der Waals surface area contributed by atoms with Crippen LogP contribution in [0.4, 0.5) is 0 Å². The van der Waals surface area contributed by atoms with Crippen LogP contribution in [0.25, 0.3) is 0 Å². The molecule has 0 aliphatic carbocycles. The molecule has 0 atom stereocenters. The summed E-state index contributed by atoms with van der Waals surface area (Å²) in [7, 11) is 0. The van der Waals surface area contributed by atoms with Gasteiger partial charge in [0.25, 0.3) is 0 Å². The number of hydrogen-bond donors (Lipinski definition) is 0. The van der Waals surface area contributed by atoms with E-state index in [9.17, 15) is 4.79 Å². The second-order valence-electron chi connectivity index (χ2n) is 4.79. The molecule has 0 spiro atoms. The highest BCUT2D eigenvalue weighted by atomic mass is 35.5. The van der Waals surface area contributed by atoms with E-state index < -0.39 is 0 Å². The van der Waals surface area contributed by atoms with Crippen molar-refractivity contribution in [2.24, 2.45) is 5.41 Å². The molecular formula is C12H14Cl2O. The topological polar surface area (TPSA) is 17.1 Å². The third-order valence-corrected chi connectivity index (χ3v) is 2.67. The first-order valence-electron chi connectivity index (χ1n) is 4.78. The van der Waals surface area contributed by atoms with Gasteiger partial charge in [-0.05, 0) is 23.6 Å². The lowest BCUT2D eigenvalue weighted by molar-refractivity contribution is 0.0940. The molecule has 0 aliphatic heterocycles. The lowest BCUT2D eigenvalue weighted by Crippen LogP contribution is -2.12. The van der Waals surface area contributed by atoms with Crippen LogP contribution >= 0.6 is 23.2 Å². The standard InChI is InChI=1S/C12H14Cl2O/c1-12(2,3)7-11(15)8-4-5-9(13)10(14)6-8/h4-6H,7H2,1-3H3. The van der Waals surface area contributed by atoms with E-state index in [1.54, 1.807) is 18.2 Å². The van der Waals surface area contributed by atoms with Crippen LogP contribution in [0.3, 0.4) is 0 Å². The van der Waals surface area contributed by atoms with E-state index in [0.29, 0.717) is 22.0 Å². The SMILES string of the molecule is CC(C)(C)CC(=O)c1ccc(Cl)c(Cl)c1. The van der Waals surface area contributed by atoms with E-state index in [1.165, 1.54) is 0 Å². The van der Waals surface area contributed by atoms with Crippen molar-refractivity contribution in [2.45, 2.75) is 27.2 Å². The lowest BCUT2D eigenvalue weighted by Gasteiger charge is -2.16. The monoisotopic (exact) mass is 244 g/mol. The van der Waals surface area contributed by atoms with Crippen LogP contribution in [0.2, 0.25) is 10.0 Å². The molecule has 0 aliphatic rings. The zero-order chi connectivity index (χ0) is 11.6. The maximum atomic E-state index is 11.8. The normalized spacial score (nSPS) is 11.5. The van der Waals surface area contributed by atoms with Gasteiger partial charge in [0.2, 0.25) is 0 Å². The molecule has 0 unspecified atom stereocenters. The predicted molar refractivity (Wildman–Crippen MR) is 64.9 cm³/mol. The summed E-state index contributed by atoms with van der Waals surface area (Å²) in [5.41, 5.74) is 0.614. The third-order valence-electron chi connectivity index (χ3n) is 1.93. The van der Waals surface area contributed by atoms with E-state index >= 15 is 0 Å². The quantitative estimate of drug-likeness (QED) is 0.695. The van der Waals surface area contributed by atoms with Crippen LogP contribution in [-0.4, -0.2) is 5.78 Å². The summed E-state index contributed by atoms with van der Waals surface area (Å²) >= 11 is 11.6. The van der Waals surface area contributed by atoms with Gasteiger partial charge in [0.15, 0.2) is 5.78 Å². The maximum Gasteiger partial charge on any atom is 0.163 e. The minimum Gasteiger partial charge on any atom is -0.294 e. The highest BCUT2D eigenvalue weighted by molar-refractivity contribution is 6.42. The number of rotatable bonds is 2. The lowest BCUT2D eigenvalue weighted by atomic mass is 9.88. The first-order chi connectivity index (χ1) is 6.79. The molecule has 0 radical (unpaired) electrons. The predicted octanol–water partition coefficient (Wildman–Crippen LogP) is 4.61. The van der Waals surface area contributed by atoms with Crippen LogP contribution < -0.4 is 0 Å². The van der Waals surface area contributed by atoms with Gasteiger partial charge in [0.05, 0.1) is 10.0 Å². The van der Waals surface area contributed by atoms with Crippen molar-refractivity contribution in [3.8, 4) is 0 Å². The fourth-order valence-corrected chi connectivity index (χ4v) is 1.55. The van der Waals surface area contributed by atoms with Gasteiger partial charge in [0.1, 0.15) is 0 Å². The van der Waals surface area contributed by atoms with E-state index in [4.69, 9.17) is 23.2 Å². The summed E-state index contributed by atoms with van der Waals surface area (Å²) in [4.78, 5) is 11.8. The maximum absolute atomic E-state index is 11.8. The van der Waals surface area contributed by atoms with Gasteiger partial charge in [-0.15, -0.1) is 0 Å². The van der Waals surface area contributed by atoms with Gasteiger partial charge < -0.3 is 0 Å². The Kier molecular flexibility index (Phi) is 3.80. The van der Waals surface area contributed by atoms with Gasteiger partial charge in [-0.2, -0.15) is 0 Å². The average molecular weight is 245 g/mol. The van der Waals surface area contributed by atoms with Crippen molar-refractivity contribution in [2.75, 3.05) is 0 Å². The van der Waals surface area contributed by atoms with Gasteiger partial charge in [-0.1, -0.05) is 44.0 Å². The Morgan fingerprint density at radius 3 is 2.27 bits per heavy atom. The minimum atomic E-state index is -0.0107. The first kappa shape index (κ1) is 12.5. The molecule has 0 saturated carbocycles. The van der Waals surface area contributed by atoms with Gasteiger partial charge >= 0.3 is 0 Å². The zero-order valence-corrected chi connectivity index (χ0v) is 10.6. The number of halogens is 2. The molecule has 0 fully saturated rings. The van der Waals surface area contributed by atoms with Crippen LogP contribution in [-0.2, 0) is 0 Å². The smallest absolute Gasteiger partial charge is 0.163 e. The summed E-state index contributed by atoms with van der Waals surface area (Å²) in [5, 5.41) is 0.903. The molecule has 82 valence electrons. The largest absolute Gasteiger partial charge is 0.294 e. The first-order valence-corrected chi connectivity index (χ1v) is 5.53. The number of carbonyl (C=O) groups excluding carboxylic acids is 1. The van der Waals surface area contributed by atoms with E-state index in [0.717, 1.165) is 0 Å². The van der Waals surface area contributed by atoms with Crippen molar-refractivity contribution in [3.63, 3.8) is 0 Å². The zero-order valence-electron chi connectivity index (χ0n) is 9.10. The molecule has 0 N–H and O–H groups in total. The van der Waals surface area contributed by atoms with E-state index in [2.05, 4.69) is 0 Å². The Balaban J connectivity index is 2.88. The average Bonchev–Trinajstić information content (AvgIpc) is 2.06. The highest BCUT2D eigenvalue weighted by Gasteiger charge is 2.17. The fraction of sp³-hybridized carbons (Fsp3) is 0.417. The second-order valence-corrected chi connectivity index (χ2v) is 5.60. The van der Waals surface area contributed by atoms with Crippen molar-refractivity contribution in [1.82, 2.24) is 0 Å². The fourth-order valence-electron chi connectivity index (χ4n) is 1.25. The van der Waals surface area contributed by atoms with Crippen LogP contribution in [0.15, 0.2) is 18.2 Å². The van der Waals surface area contributed by atoms with Crippen molar-refractivity contribution < 1.29 is 4.79 Å². The van der Waals surface area contributed by atoms with Gasteiger partial charge in [0, 0.05) is 12.0 Å². The van der Waals surface area contributed by atoms with Crippen LogP contribution in [0, 0.1) is 5.41 Å². The van der Waals surface area contributed by atoms with Crippen LogP contribution in [0.1, 0.15) is 37.6 Å². The van der Waals surface area contributed by atoms with Crippen molar-refractivity contribution in [1.29, 1.82) is 0 Å². The molecule has 0 heterocycles. The number of hydrogen-bond acceptors (Lipinski definition) is 1. The minimum absolute atomic E-state index is 0.0107. The molecule has 0 bridgehead atoms. The number of benzene rings is 1. The van der Waals surface area contributed by atoms with Crippen molar-refractivity contribution >= 4 is 29.0 Å². The van der Waals surface area contributed by atoms with Gasteiger partial charge in [-0.3, -0.25) is 4.79 Å². The molecule has 1 rings (SSSR count). The Morgan fingerprint density at radius 2 is 1.80 bits per heavy atom. The summed E-state index contributed by atoms with van der Waals surface area (Å²) < 4.78 is 0. The molecule has 1 aromatic carbocycles. The Hall–Kier alpha value is -0.530. The summed E-state index contributed by atoms with van der Waals surface area (Å²) in [6.07, 6.45) is 0.505. The second kappa shape index (κ2) is 4.54. The Labute approximate surface area is 100 Å². The molecule has 3 heteroatoms. The van der Waals surface area contributed by atoms with Gasteiger partial charge in [-0.25, -0.2) is 0 Å². The van der Waals surface area contributed by atoms with E-state index in [1.807, 2.05) is 20.8 Å². The summed E-state index contributed by atoms with van der Waals surface area (Å²) in [5.74, 6) is 0.0982. The molecule has 0 aromatic heterocycles. The highest BCUT2D eigenvalue weighted by Crippen LogP contribution is 2.26. The summed E-state index contributed by atoms with van der Waals surface area (Å²) in [6, 6.07) is 4.99. The molecule has 1 aromatic rings. The Morgan fingerprint density at radius 1 is 1.20 bits per heavy atom. The number of ketones is 1. The number of carbonyl (C=O) groups is 1. The summed E-state index contributed by atoms with van der Waals surface area (Å²) in [6.45, 7) is 6.09. The molecule has 0 amide bonds. The molecule has 1 nitrogen and oxygen atoms in total. The van der Waals surface area contributed by atoms with Crippen LogP contribution in [0.5, 0.6) is 0 Å².